The second-order valence-electron chi connectivity index (χ2n) is 0. The molecule has 6 N–H and O–H groups in total. The maximum absolute atomic E-state index is 0. The van der Waals surface area contributed by atoms with Gasteiger partial charge in [-0.2, -0.15) is 0 Å². The number of hydrogen-bond donors (Lipinski definition) is 0. The normalized spacial score (nSPS) is 0. The molecule has 0 rings (SSSR count). The van der Waals surface area contributed by atoms with Crippen molar-refractivity contribution < 1.29 is 21.1 Å². The van der Waals surface area contributed by atoms with Crippen molar-refractivity contribution in [2.75, 3.05) is 0 Å². The molecule has 0 bridgehead atoms. The summed E-state index contributed by atoms with van der Waals surface area (Å²) in [5.41, 5.74) is 0. The minimum absolute atomic E-state index is 0. The third kappa shape index (κ3) is 19.6. The van der Waals surface area contributed by atoms with Gasteiger partial charge in [-0.1, -0.05) is 0 Å². The summed E-state index contributed by atoms with van der Waals surface area (Å²) in [6.07, 6.45) is 0. The smallest absolute Gasteiger partial charge is 0.693 e. The predicted octanol–water partition coefficient (Wildman–Crippen LogP) is 2.15. The van der Waals surface area contributed by atoms with Crippen LogP contribution in [0.1, 0.15) is 0 Å². The van der Waals surface area contributed by atoms with Crippen LogP contribution < -0.4 is 0 Å². The van der Waals surface area contributed by atoms with E-state index < -0.39 is 0 Å². The molecule has 0 saturated carbocycles. The second kappa shape index (κ2) is 72.9. The van der Waals surface area contributed by atoms with Gasteiger partial charge < -0.3 is 18.5 Å². The second-order valence-corrected chi connectivity index (χ2v) is 0. The number of hydrogen-bond acceptors (Lipinski definition) is 0. The van der Waals surface area contributed by atoms with Crippen molar-refractivity contribution in [1.82, 2.24) is 0 Å². The summed E-state index contributed by atoms with van der Waals surface area (Å²) in [4.78, 5) is 0. The molecule has 0 aliphatic carbocycles. The molecular formula is H6N3Pt-. The summed E-state index contributed by atoms with van der Waals surface area (Å²) >= 11 is 0. The van der Waals surface area contributed by atoms with E-state index in [1.165, 1.54) is 0 Å². The Hall–Kier alpha value is 0.568. The van der Waals surface area contributed by atoms with E-state index in [-0.39, 0.29) is 39.5 Å². The molecule has 0 aromatic carbocycles. The van der Waals surface area contributed by atoms with Crippen molar-refractivity contribution in [1.29, 1.82) is 0 Å². The quantitative estimate of drug-likeness (QED) is 0.622. The van der Waals surface area contributed by atoms with Gasteiger partial charge in [-0.15, -0.1) is 0 Å². The van der Waals surface area contributed by atoms with Crippen molar-refractivity contribution in [3.05, 3.63) is 18.5 Å². The minimum Gasteiger partial charge on any atom is -0.693 e. The van der Waals surface area contributed by atoms with Crippen molar-refractivity contribution in [2.24, 2.45) is 0 Å². The molecule has 0 fully saturated rings. The predicted molar refractivity (Wildman–Crippen MR) is 15.9 cm³/mol. The Kier molecular flexibility index (Phi) is 3280. The van der Waals surface area contributed by atoms with E-state index in [4.69, 9.17) is 0 Å². The van der Waals surface area contributed by atoms with Crippen LogP contribution in [0.4, 0.5) is 0 Å². The van der Waals surface area contributed by atoms with Crippen LogP contribution in [-0.2, 0) is 21.1 Å². The Bertz CT molecular complexity index is 3.25. The van der Waals surface area contributed by atoms with Crippen molar-refractivity contribution in [3.63, 3.8) is 0 Å². The largest absolute Gasteiger partial charge is 2.00 e. The van der Waals surface area contributed by atoms with E-state index in [0.717, 1.165) is 0 Å². The van der Waals surface area contributed by atoms with Crippen LogP contribution in [0.3, 0.4) is 0 Å². The van der Waals surface area contributed by atoms with Crippen molar-refractivity contribution in [2.45, 2.75) is 0 Å². The third-order valence-electron chi connectivity index (χ3n) is 0. The summed E-state index contributed by atoms with van der Waals surface area (Å²) in [6.45, 7) is 0. The number of nitrogens with two attached hydrogens (primary N) is 3. The van der Waals surface area contributed by atoms with E-state index in [0.29, 0.717) is 0 Å². The van der Waals surface area contributed by atoms with Gasteiger partial charge in [0.2, 0.25) is 0 Å². The van der Waals surface area contributed by atoms with Gasteiger partial charge >= 0.3 is 21.1 Å². The van der Waals surface area contributed by atoms with E-state index in [9.17, 15) is 0 Å². The minimum atomic E-state index is 0. The standard InChI is InChI=1S/3H2N.Pt/h3*1H2;/q3*-1;+2. The van der Waals surface area contributed by atoms with Crippen LogP contribution in [0.25, 0.3) is 18.5 Å². The molecule has 32 valence electrons. The Labute approximate surface area is 40.2 Å². The zero-order valence-corrected chi connectivity index (χ0v) is 4.32. The molecule has 0 aromatic heterocycles. The first-order chi connectivity index (χ1) is 0. The summed E-state index contributed by atoms with van der Waals surface area (Å²) in [5, 5.41) is 0. The SMILES string of the molecule is [NH2-].[NH2-].[NH2-].[Pt+2]. The van der Waals surface area contributed by atoms with Crippen LogP contribution in [0.15, 0.2) is 0 Å². The molecular weight excluding hydrogens is 237 g/mol. The van der Waals surface area contributed by atoms with E-state index in [2.05, 4.69) is 0 Å². The Morgan fingerprint density at radius 3 is 0.500 bits per heavy atom. The van der Waals surface area contributed by atoms with E-state index in [1.807, 2.05) is 0 Å². The molecule has 0 unspecified atom stereocenters. The molecule has 0 spiro atoms. The first kappa shape index (κ1) is 180. The van der Waals surface area contributed by atoms with Crippen LogP contribution >= 0.6 is 0 Å². The Balaban J connectivity index is 0. The fourth-order valence-electron chi connectivity index (χ4n) is 0. The summed E-state index contributed by atoms with van der Waals surface area (Å²) in [5.74, 6) is 0. The molecule has 0 amide bonds. The third-order valence-corrected chi connectivity index (χ3v) is 0. The average molecular weight is 243 g/mol. The zero-order valence-electron chi connectivity index (χ0n) is 2.05. The van der Waals surface area contributed by atoms with Gasteiger partial charge in [0.1, 0.15) is 0 Å². The molecule has 4 heavy (non-hydrogen) atoms. The maximum atomic E-state index is 0. The fourth-order valence-corrected chi connectivity index (χ4v) is 0. The molecule has 0 heterocycles. The van der Waals surface area contributed by atoms with Crippen LogP contribution in [0.5, 0.6) is 0 Å². The summed E-state index contributed by atoms with van der Waals surface area (Å²) < 4.78 is 0. The first-order valence-corrected chi connectivity index (χ1v) is 0. The van der Waals surface area contributed by atoms with Crippen molar-refractivity contribution in [3.8, 4) is 0 Å². The van der Waals surface area contributed by atoms with Gasteiger partial charge in [0.05, 0.1) is 0 Å². The number of rotatable bonds is 0. The molecule has 3 nitrogen and oxygen atoms in total. The van der Waals surface area contributed by atoms with Crippen LogP contribution in [0.2, 0.25) is 0 Å². The topological polar surface area (TPSA) is 100 Å². The molecule has 0 aromatic rings. The van der Waals surface area contributed by atoms with Crippen LogP contribution in [0, 0.1) is 0 Å². The van der Waals surface area contributed by atoms with Gasteiger partial charge in [-0.25, -0.2) is 0 Å². The fraction of sp³-hybridized carbons (Fsp3) is 0. The molecule has 0 aliphatic heterocycles. The van der Waals surface area contributed by atoms with E-state index >= 15 is 0 Å². The average Bonchev–Trinajstić information content (AvgIpc) is 0. The summed E-state index contributed by atoms with van der Waals surface area (Å²) in [7, 11) is 0. The first-order valence-electron chi connectivity index (χ1n) is 0. The van der Waals surface area contributed by atoms with Crippen molar-refractivity contribution >= 4 is 0 Å². The van der Waals surface area contributed by atoms with Gasteiger partial charge in [-0.05, 0) is 0 Å². The molecule has 0 aliphatic rings. The zero-order chi connectivity index (χ0) is 0. The Morgan fingerprint density at radius 1 is 0.500 bits per heavy atom. The molecule has 0 radical (unpaired) electrons. The van der Waals surface area contributed by atoms with Gasteiger partial charge in [0.15, 0.2) is 0 Å². The summed E-state index contributed by atoms with van der Waals surface area (Å²) in [6, 6.07) is 0. The Morgan fingerprint density at radius 2 is 0.500 bits per heavy atom. The van der Waals surface area contributed by atoms with Gasteiger partial charge in [0.25, 0.3) is 0 Å². The van der Waals surface area contributed by atoms with Gasteiger partial charge in [0, 0.05) is 0 Å². The maximum Gasteiger partial charge on any atom is 2.00 e. The van der Waals surface area contributed by atoms with E-state index in [1.54, 1.807) is 0 Å². The van der Waals surface area contributed by atoms with Gasteiger partial charge in [-0.3, -0.25) is 0 Å². The monoisotopic (exact) mass is 243 g/mol. The van der Waals surface area contributed by atoms with Crippen LogP contribution in [-0.4, -0.2) is 0 Å². The molecule has 0 saturated heterocycles. The molecule has 0 atom stereocenters. The molecule has 4 heteroatoms.